The fraction of sp³-hybridized carbons (Fsp3) is 0.593. The van der Waals surface area contributed by atoms with Crippen molar-refractivity contribution in [2.24, 2.45) is 17.3 Å². The van der Waals surface area contributed by atoms with Crippen molar-refractivity contribution in [3.63, 3.8) is 0 Å². The van der Waals surface area contributed by atoms with Gasteiger partial charge in [0.25, 0.3) is 0 Å². The van der Waals surface area contributed by atoms with Gasteiger partial charge in [-0.1, -0.05) is 51.5 Å². The lowest BCUT2D eigenvalue weighted by Crippen LogP contribution is -2.45. The number of esters is 1. The summed E-state index contributed by atoms with van der Waals surface area (Å²) in [5, 5.41) is 33.2. The van der Waals surface area contributed by atoms with Crippen LogP contribution in [0.25, 0.3) is 6.08 Å². The highest BCUT2D eigenvalue weighted by molar-refractivity contribution is 7.09. The van der Waals surface area contributed by atoms with E-state index in [1.54, 1.807) is 20.8 Å². The van der Waals surface area contributed by atoms with Gasteiger partial charge in [-0.15, -0.1) is 11.3 Å². The summed E-state index contributed by atoms with van der Waals surface area (Å²) in [5.41, 5.74) is 1.20. The van der Waals surface area contributed by atoms with Gasteiger partial charge >= 0.3 is 5.97 Å². The number of aliphatic hydroxyl groups is 3. The number of ketones is 1. The molecular weight excluding hydrogens is 466 g/mol. The quantitative estimate of drug-likeness (QED) is 0.527. The molecule has 1 aromatic rings. The number of rotatable bonds is 3. The predicted molar refractivity (Wildman–Crippen MR) is 137 cm³/mol. The number of carbonyl (C=O) groups is 2. The van der Waals surface area contributed by atoms with E-state index in [4.69, 9.17) is 4.74 Å². The maximum absolute atomic E-state index is 13.2. The van der Waals surface area contributed by atoms with Crippen molar-refractivity contribution in [1.29, 1.82) is 0 Å². The van der Waals surface area contributed by atoms with Crippen LogP contribution in [0.3, 0.4) is 0 Å². The first-order valence-corrected chi connectivity index (χ1v) is 12.9. The van der Waals surface area contributed by atoms with Crippen LogP contribution >= 0.6 is 11.3 Å². The lowest BCUT2D eigenvalue weighted by molar-refractivity contribution is -0.154. The number of ether oxygens (including phenoxy) is 1. The Morgan fingerprint density at radius 2 is 1.94 bits per heavy atom. The monoisotopic (exact) mass is 505 g/mol. The summed E-state index contributed by atoms with van der Waals surface area (Å²) in [4.78, 5) is 30.3. The molecule has 35 heavy (non-hydrogen) atoms. The van der Waals surface area contributed by atoms with Crippen LogP contribution in [0.1, 0.15) is 71.5 Å². The summed E-state index contributed by atoms with van der Waals surface area (Å²) >= 11 is 1.35. The molecule has 194 valence electrons. The van der Waals surface area contributed by atoms with Gasteiger partial charge in [0.05, 0.1) is 36.3 Å². The Bertz CT molecular complexity index is 976. The molecule has 2 heterocycles. The SMILES string of the molecule is CC1=CC[C@@H](C(C)=Cc2csc(CO)n2)OC(=O)C[C@H](O)C(C)(C)C(=O)[C@H](C)[C@@H](O)[C@@H](C)CC=C1. The minimum atomic E-state index is -1.26. The molecule has 0 amide bonds. The van der Waals surface area contributed by atoms with Crippen LogP contribution in [0.4, 0.5) is 0 Å². The number of aliphatic hydroxyl groups excluding tert-OH is 3. The summed E-state index contributed by atoms with van der Waals surface area (Å²) in [6.45, 7) is 10.4. The molecule has 0 aromatic carbocycles. The van der Waals surface area contributed by atoms with E-state index in [0.29, 0.717) is 23.5 Å². The number of cyclic esters (lactones) is 1. The van der Waals surface area contributed by atoms with Crippen LogP contribution in [-0.4, -0.2) is 50.4 Å². The summed E-state index contributed by atoms with van der Waals surface area (Å²) in [6, 6.07) is 0. The van der Waals surface area contributed by atoms with Gasteiger partial charge in [0.15, 0.2) is 0 Å². The Labute approximate surface area is 212 Å². The molecule has 7 nitrogen and oxygen atoms in total. The van der Waals surface area contributed by atoms with Crippen LogP contribution < -0.4 is 0 Å². The van der Waals surface area contributed by atoms with E-state index in [1.807, 2.05) is 50.5 Å². The standard InChI is InChI=1S/C27H39NO6S/c1-16-8-7-9-17(2)25(32)19(4)26(33)27(5,6)22(30)13-24(31)34-21(11-10-16)18(3)12-20-15-35-23(14-29)28-20/h7-8,10,12,15,17,19,21-22,25,29-30,32H,9,11,13-14H2,1-6H3/t17-,19+,21-,22-,25-/m0/s1. The fourth-order valence-corrected chi connectivity index (χ4v) is 4.72. The van der Waals surface area contributed by atoms with Crippen LogP contribution in [0.15, 0.2) is 34.8 Å². The second-order valence-electron chi connectivity index (χ2n) is 10.1. The third kappa shape index (κ3) is 7.93. The Kier molecular flexibility index (Phi) is 10.6. The maximum atomic E-state index is 13.2. The predicted octanol–water partition coefficient (Wildman–Crippen LogP) is 4.23. The Hall–Kier alpha value is -2.13. The van der Waals surface area contributed by atoms with E-state index in [-0.39, 0.29) is 24.7 Å². The molecule has 0 spiro atoms. The van der Waals surface area contributed by atoms with E-state index in [9.17, 15) is 24.9 Å². The van der Waals surface area contributed by atoms with Gasteiger partial charge in [-0.05, 0) is 37.8 Å². The molecule has 0 bridgehead atoms. The molecule has 2 rings (SSSR count). The minimum absolute atomic E-state index is 0.134. The first-order chi connectivity index (χ1) is 16.4. The summed E-state index contributed by atoms with van der Waals surface area (Å²) < 4.78 is 5.76. The molecule has 0 radical (unpaired) electrons. The number of thiazole rings is 1. The van der Waals surface area contributed by atoms with Crippen molar-refractivity contribution in [2.45, 2.75) is 85.7 Å². The van der Waals surface area contributed by atoms with Gasteiger partial charge in [-0.25, -0.2) is 4.98 Å². The third-order valence-corrected chi connectivity index (χ3v) is 7.59. The highest BCUT2D eigenvalue weighted by Crippen LogP contribution is 2.32. The molecule has 5 atom stereocenters. The topological polar surface area (TPSA) is 117 Å². The highest BCUT2D eigenvalue weighted by atomic mass is 32.1. The molecule has 3 N–H and O–H groups in total. The zero-order valence-electron chi connectivity index (χ0n) is 21.5. The van der Waals surface area contributed by atoms with Crippen molar-refractivity contribution in [3.8, 4) is 0 Å². The van der Waals surface area contributed by atoms with Gasteiger partial charge in [-0.2, -0.15) is 0 Å². The Morgan fingerprint density at radius 3 is 2.57 bits per heavy atom. The van der Waals surface area contributed by atoms with Crippen molar-refractivity contribution < 1.29 is 29.6 Å². The van der Waals surface area contributed by atoms with Crippen LogP contribution in [0, 0.1) is 17.3 Å². The van der Waals surface area contributed by atoms with Crippen LogP contribution in [0.5, 0.6) is 0 Å². The molecule has 1 aliphatic rings. The van der Waals surface area contributed by atoms with Gasteiger partial charge in [0.2, 0.25) is 0 Å². The number of allylic oxidation sites excluding steroid dienone is 3. The van der Waals surface area contributed by atoms with Gasteiger partial charge in [0.1, 0.15) is 16.9 Å². The van der Waals surface area contributed by atoms with Gasteiger partial charge < -0.3 is 20.1 Å². The third-order valence-electron chi connectivity index (χ3n) is 6.74. The van der Waals surface area contributed by atoms with Crippen LogP contribution in [-0.2, 0) is 20.9 Å². The molecular formula is C27H39NO6S. The minimum Gasteiger partial charge on any atom is -0.457 e. The summed E-state index contributed by atoms with van der Waals surface area (Å²) in [5.74, 6) is -1.74. The molecule has 8 heteroatoms. The van der Waals surface area contributed by atoms with E-state index in [2.05, 4.69) is 4.98 Å². The smallest absolute Gasteiger partial charge is 0.309 e. The second-order valence-corrected chi connectivity index (χ2v) is 11.0. The zero-order valence-corrected chi connectivity index (χ0v) is 22.3. The van der Waals surface area contributed by atoms with E-state index in [0.717, 1.165) is 11.1 Å². The average molecular weight is 506 g/mol. The van der Waals surface area contributed by atoms with Crippen molar-refractivity contribution in [2.75, 3.05) is 0 Å². The average Bonchev–Trinajstić information content (AvgIpc) is 3.26. The van der Waals surface area contributed by atoms with Gasteiger partial charge in [0, 0.05) is 17.7 Å². The molecule has 0 saturated heterocycles. The molecule has 0 unspecified atom stereocenters. The normalized spacial score (nSPS) is 29.6. The Morgan fingerprint density at radius 1 is 1.26 bits per heavy atom. The molecule has 0 fully saturated rings. The molecule has 0 aliphatic carbocycles. The number of Topliss-reactive ketones (excluding diaryl/α,β-unsaturated/α-hetero) is 1. The van der Waals surface area contributed by atoms with E-state index >= 15 is 0 Å². The number of hydrogen-bond acceptors (Lipinski definition) is 8. The zero-order chi connectivity index (χ0) is 26.3. The van der Waals surface area contributed by atoms with E-state index in [1.165, 1.54) is 11.3 Å². The van der Waals surface area contributed by atoms with Crippen LogP contribution in [0.2, 0.25) is 0 Å². The summed E-state index contributed by atoms with van der Waals surface area (Å²) in [7, 11) is 0. The fourth-order valence-electron chi connectivity index (χ4n) is 4.10. The highest BCUT2D eigenvalue weighted by Gasteiger charge is 2.42. The number of hydrogen-bond donors (Lipinski definition) is 3. The first-order valence-electron chi connectivity index (χ1n) is 12.0. The number of nitrogens with zero attached hydrogens (tertiary/aromatic N) is 1. The largest absolute Gasteiger partial charge is 0.457 e. The molecule has 1 aromatic heterocycles. The maximum Gasteiger partial charge on any atom is 0.309 e. The lowest BCUT2D eigenvalue weighted by Gasteiger charge is -2.34. The van der Waals surface area contributed by atoms with Crippen molar-refractivity contribution in [1.82, 2.24) is 4.98 Å². The molecule has 0 saturated carbocycles. The Balaban J connectivity index is 2.37. The van der Waals surface area contributed by atoms with Gasteiger partial charge in [-0.3, -0.25) is 9.59 Å². The molecule has 1 aliphatic heterocycles. The number of carbonyl (C=O) groups excluding carboxylic acids is 2. The lowest BCUT2D eigenvalue weighted by atomic mass is 9.73. The van der Waals surface area contributed by atoms with Crippen molar-refractivity contribution in [3.05, 3.63) is 45.5 Å². The number of aromatic nitrogens is 1. The van der Waals surface area contributed by atoms with Crippen molar-refractivity contribution >= 4 is 29.2 Å². The second kappa shape index (κ2) is 12.7. The summed E-state index contributed by atoms with van der Waals surface area (Å²) in [6.07, 6.45) is 5.71. The first kappa shape index (κ1) is 29.1. The van der Waals surface area contributed by atoms with E-state index < -0.39 is 35.6 Å².